The molecule has 1 aliphatic carbocycles. The van der Waals surface area contributed by atoms with Gasteiger partial charge in [-0.2, -0.15) is 0 Å². The zero-order chi connectivity index (χ0) is 10.8. The Morgan fingerprint density at radius 1 is 1.40 bits per heavy atom. The Kier molecular flexibility index (Phi) is 3.19. The number of aromatic amines is 1. The Morgan fingerprint density at radius 3 is 2.93 bits per heavy atom. The molecule has 3 heteroatoms. The highest BCUT2D eigenvalue weighted by atomic mass is 32.1. The van der Waals surface area contributed by atoms with Crippen molar-refractivity contribution < 1.29 is 0 Å². The Hall–Kier alpha value is -0.700. The number of fused-ring (bicyclic) bond motifs is 1. The molecule has 0 radical (unpaired) electrons. The largest absolute Gasteiger partial charge is 0.347 e. The Morgan fingerprint density at radius 2 is 2.20 bits per heavy atom. The molecule has 1 aromatic rings. The van der Waals surface area contributed by atoms with Gasteiger partial charge in [0.25, 0.3) is 0 Å². The average Bonchev–Trinajstić information content (AvgIpc) is 2.63. The van der Waals surface area contributed by atoms with Crippen LogP contribution in [0.5, 0.6) is 0 Å². The van der Waals surface area contributed by atoms with Crippen LogP contribution in [0.15, 0.2) is 0 Å². The topological polar surface area (TPSA) is 28.7 Å². The minimum Gasteiger partial charge on any atom is -0.347 e. The van der Waals surface area contributed by atoms with E-state index in [2.05, 4.69) is 23.8 Å². The maximum atomic E-state index is 5.31. The van der Waals surface area contributed by atoms with E-state index in [1.807, 2.05) is 0 Å². The number of hydrogen-bond donors (Lipinski definition) is 1. The summed E-state index contributed by atoms with van der Waals surface area (Å²) in [7, 11) is 0. The standard InChI is InChI=1S/C12H18N2S/c1-8(2)6-7-11-13-10-5-3-4-9(10)12(15)14-11/h8H,3-7H2,1-2H3,(H,13,14,15). The van der Waals surface area contributed by atoms with E-state index >= 15 is 0 Å². The Bertz CT molecular complexity index is 407. The molecule has 82 valence electrons. The molecule has 1 heterocycles. The summed E-state index contributed by atoms with van der Waals surface area (Å²) >= 11 is 5.31. The van der Waals surface area contributed by atoms with Gasteiger partial charge < -0.3 is 4.98 Å². The van der Waals surface area contributed by atoms with Crippen molar-refractivity contribution in [2.24, 2.45) is 5.92 Å². The SMILES string of the molecule is CC(C)CCc1nc(=S)c2c([nH]1)CCC2. The van der Waals surface area contributed by atoms with Crippen molar-refractivity contribution in [1.82, 2.24) is 9.97 Å². The van der Waals surface area contributed by atoms with Crippen molar-refractivity contribution in [1.29, 1.82) is 0 Å². The van der Waals surface area contributed by atoms with E-state index in [-0.39, 0.29) is 0 Å². The maximum absolute atomic E-state index is 5.31. The molecule has 1 N–H and O–H groups in total. The van der Waals surface area contributed by atoms with Gasteiger partial charge in [-0.05, 0) is 31.6 Å². The molecule has 0 fully saturated rings. The zero-order valence-electron chi connectivity index (χ0n) is 9.47. The van der Waals surface area contributed by atoms with Crippen LogP contribution in [0, 0.1) is 10.6 Å². The summed E-state index contributed by atoms with van der Waals surface area (Å²) in [5.41, 5.74) is 2.63. The van der Waals surface area contributed by atoms with Crippen molar-refractivity contribution in [3.8, 4) is 0 Å². The van der Waals surface area contributed by atoms with Crippen LogP contribution in [0.3, 0.4) is 0 Å². The maximum Gasteiger partial charge on any atom is 0.133 e. The number of aryl methyl sites for hydroxylation is 2. The van der Waals surface area contributed by atoms with Crippen molar-refractivity contribution >= 4 is 12.2 Å². The third-order valence-corrected chi connectivity index (χ3v) is 3.30. The minimum atomic E-state index is 0.724. The third kappa shape index (κ3) is 2.46. The molecule has 0 spiro atoms. The minimum absolute atomic E-state index is 0.724. The quantitative estimate of drug-likeness (QED) is 0.795. The van der Waals surface area contributed by atoms with Crippen LogP contribution < -0.4 is 0 Å². The van der Waals surface area contributed by atoms with Crippen LogP contribution >= 0.6 is 12.2 Å². The van der Waals surface area contributed by atoms with Gasteiger partial charge >= 0.3 is 0 Å². The first kappa shape index (κ1) is 10.8. The first-order valence-electron chi connectivity index (χ1n) is 5.77. The number of hydrogen-bond acceptors (Lipinski definition) is 2. The highest BCUT2D eigenvalue weighted by Crippen LogP contribution is 2.20. The number of aromatic nitrogens is 2. The smallest absolute Gasteiger partial charge is 0.133 e. The molecule has 0 aromatic carbocycles. The second kappa shape index (κ2) is 4.44. The van der Waals surface area contributed by atoms with Gasteiger partial charge in [-0.25, -0.2) is 4.98 Å². The van der Waals surface area contributed by atoms with E-state index in [0.717, 1.165) is 35.6 Å². The van der Waals surface area contributed by atoms with Gasteiger partial charge in [-0.15, -0.1) is 0 Å². The molecule has 0 bridgehead atoms. The monoisotopic (exact) mass is 222 g/mol. The summed E-state index contributed by atoms with van der Waals surface area (Å²) in [6.45, 7) is 4.48. The van der Waals surface area contributed by atoms with Gasteiger partial charge in [-0.1, -0.05) is 26.1 Å². The van der Waals surface area contributed by atoms with Crippen LogP contribution in [0.4, 0.5) is 0 Å². The number of nitrogens with one attached hydrogen (secondary N) is 1. The van der Waals surface area contributed by atoms with Crippen LogP contribution in [0.2, 0.25) is 0 Å². The molecule has 2 nitrogen and oxygen atoms in total. The molecule has 0 unspecified atom stereocenters. The van der Waals surface area contributed by atoms with E-state index < -0.39 is 0 Å². The highest BCUT2D eigenvalue weighted by Gasteiger charge is 2.14. The lowest BCUT2D eigenvalue weighted by atomic mass is 10.1. The fourth-order valence-electron chi connectivity index (χ4n) is 2.05. The fourth-order valence-corrected chi connectivity index (χ4v) is 2.39. The second-order valence-corrected chi connectivity index (χ2v) is 5.12. The van der Waals surface area contributed by atoms with E-state index in [9.17, 15) is 0 Å². The third-order valence-electron chi connectivity index (χ3n) is 2.97. The van der Waals surface area contributed by atoms with Crippen molar-refractivity contribution in [2.75, 3.05) is 0 Å². The van der Waals surface area contributed by atoms with E-state index in [4.69, 9.17) is 12.2 Å². The van der Waals surface area contributed by atoms with Crippen LogP contribution in [0.25, 0.3) is 0 Å². The Balaban J connectivity index is 2.20. The summed E-state index contributed by atoms with van der Waals surface area (Å²) in [5, 5.41) is 0. The molecular weight excluding hydrogens is 204 g/mol. The first-order chi connectivity index (χ1) is 7.16. The summed E-state index contributed by atoms with van der Waals surface area (Å²) < 4.78 is 0.833. The van der Waals surface area contributed by atoms with Gasteiger partial charge in [-0.3, -0.25) is 0 Å². The molecule has 15 heavy (non-hydrogen) atoms. The second-order valence-electron chi connectivity index (χ2n) is 4.73. The number of H-pyrrole nitrogens is 1. The summed E-state index contributed by atoms with van der Waals surface area (Å²) in [5.74, 6) is 1.80. The lowest BCUT2D eigenvalue weighted by Gasteiger charge is -2.07. The molecule has 0 atom stereocenters. The lowest BCUT2D eigenvalue weighted by Crippen LogP contribution is -2.02. The van der Waals surface area contributed by atoms with Crippen LogP contribution in [-0.2, 0) is 19.3 Å². The Labute approximate surface area is 96.1 Å². The summed E-state index contributed by atoms with van der Waals surface area (Å²) in [4.78, 5) is 7.92. The molecule has 0 saturated carbocycles. The lowest BCUT2D eigenvalue weighted by molar-refractivity contribution is 0.573. The molecule has 0 aliphatic heterocycles. The highest BCUT2D eigenvalue weighted by molar-refractivity contribution is 7.71. The molecule has 0 amide bonds. The van der Waals surface area contributed by atoms with Crippen molar-refractivity contribution in [3.63, 3.8) is 0 Å². The van der Waals surface area contributed by atoms with Crippen LogP contribution in [0.1, 0.15) is 43.8 Å². The van der Waals surface area contributed by atoms with E-state index in [0.29, 0.717) is 0 Å². The zero-order valence-corrected chi connectivity index (χ0v) is 10.3. The predicted octanol–water partition coefficient (Wildman–Crippen LogP) is 3.22. The van der Waals surface area contributed by atoms with Gasteiger partial charge in [0.1, 0.15) is 10.5 Å². The molecule has 2 rings (SSSR count). The summed E-state index contributed by atoms with van der Waals surface area (Å²) in [6, 6.07) is 0. The summed E-state index contributed by atoms with van der Waals surface area (Å²) in [6.07, 6.45) is 5.69. The molecular formula is C12H18N2S. The number of rotatable bonds is 3. The van der Waals surface area contributed by atoms with Crippen molar-refractivity contribution in [2.45, 2.75) is 46.0 Å². The van der Waals surface area contributed by atoms with E-state index in [1.165, 1.54) is 24.1 Å². The number of nitrogens with zero attached hydrogens (tertiary/aromatic N) is 1. The predicted molar refractivity (Wildman–Crippen MR) is 64.6 cm³/mol. The van der Waals surface area contributed by atoms with Gasteiger partial charge in [0, 0.05) is 17.7 Å². The molecule has 0 saturated heterocycles. The fraction of sp³-hybridized carbons (Fsp3) is 0.667. The molecule has 1 aliphatic rings. The van der Waals surface area contributed by atoms with Gasteiger partial charge in [0.2, 0.25) is 0 Å². The average molecular weight is 222 g/mol. The first-order valence-corrected chi connectivity index (χ1v) is 6.18. The van der Waals surface area contributed by atoms with Gasteiger partial charge in [0.05, 0.1) is 0 Å². The van der Waals surface area contributed by atoms with Gasteiger partial charge in [0.15, 0.2) is 0 Å². The molecule has 1 aromatic heterocycles. The normalized spacial score (nSPS) is 14.6. The van der Waals surface area contributed by atoms with Crippen molar-refractivity contribution in [3.05, 3.63) is 21.7 Å². The van der Waals surface area contributed by atoms with E-state index in [1.54, 1.807) is 0 Å². The van der Waals surface area contributed by atoms with Crippen LogP contribution in [-0.4, -0.2) is 9.97 Å².